The van der Waals surface area contributed by atoms with Gasteiger partial charge in [0, 0.05) is 28.2 Å². The maximum atomic E-state index is 13.3. The van der Waals surface area contributed by atoms with Gasteiger partial charge in [0.2, 0.25) is 0 Å². The third-order valence-electron chi connectivity index (χ3n) is 3.82. The van der Waals surface area contributed by atoms with E-state index in [9.17, 15) is 8.42 Å². The smallest absolute Gasteiger partial charge is 0.266 e. The van der Waals surface area contributed by atoms with Crippen molar-refractivity contribution in [2.45, 2.75) is 11.4 Å². The Hall–Kier alpha value is -2.29. The first-order chi connectivity index (χ1) is 13.0. The van der Waals surface area contributed by atoms with Crippen molar-refractivity contribution in [1.29, 1.82) is 0 Å². The highest BCUT2D eigenvalue weighted by Crippen LogP contribution is 2.32. The zero-order valence-corrected chi connectivity index (χ0v) is 17.0. The third kappa shape index (κ3) is 4.18. The van der Waals surface area contributed by atoms with Crippen molar-refractivity contribution >= 4 is 38.1 Å². The summed E-state index contributed by atoms with van der Waals surface area (Å²) in [5.74, 6) is 1.14. The van der Waals surface area contributed by atoms with Crippen LogP contribution in [0.15, 0.2) is 58.9 Å². The fourth-order valence-corrected chi connectivity index (χ4v) is 5.05. The highest BCUT2D eigenvalue weighted by Gasteiger charge is 2.28. The Labute approximate surface area is 167 Å². The van der Waals surface area contributed by atoms with Gasteiger partial charge in [0.05, 0.1) is 25.7 Å². The summed E-state index contributed by atoms with van der Waals surface area (Å²) in [5, 5.41) is 2.42. The molecule has 142 valence electrons. The second-order valence-corrected chi connectivity index (χ2v) is 8.63. The van der Waals surface area contributed by atoms with Crippen molar-refractivity contribution in [2.24, 2.45) is 0 Å². The molecule has 0 N–H and O–H groups in total. The number of aromatic nitrogens is 1. The van der Waals surface area contributed by atoms with Crippen molar-refractivity contribution in [3.8, 4) is 11.5 Å². The molecule has 0 fully saturated rings. The highest BCUT2D eigenvalue weighted by molar-refractivity contribution is 7.93. The average Bonchev–Trinajstić information content (AvgIpc) is 3.20. The van der Waals surface area contributed by atoms with Crippen molar-refractivity contribution in [3.63, 3.8) is 0 Å². The van der Waals surface area contributed by atoms with Crippen LogP contribution in [-0.4, -0.2) is 27.6 Å². The van der Waals surface area contributed by atoms with Crippen LogP contribution >= 0.6 is 22.9 Å². The summed E-state index contributed by atoms with van der Waals surface area (Å²) in [4.78, 5) is 4.28. The van der Waals surface area contributed by atoms with Gasteiger partial charge in [0.1, 0.15) is 11.5 Å². The van der Waals surface area contributed by atoms with Gasteiger partial charge in [0.25, 0.3) is 10.0 Å². The predicted octanol–water partition coefficient (Wildman–Crippen LogP) is 4.21. The first-order valence-corrected chi connectivity index (χ1v) is 10.5. The van der Waals surface area contributed by atoms with E-state index in [1.54, 1.807) is 49.0 Å². The van der Waals surface area contributed by atoms with Crippen molar-refractivity contribution in [1.82, 2.24) is 4.98 Å². The van der Waals surface area contributed by atoms with E-state index < -0.39 is 10.0 Å². The molecule has 6 nitrogen and oxygen atoms in total. The molecule has 0 unspecified atom stereocenters. The van der Waals surface area contributed by atoms with Gasteiger partial charge in [-0.3, -0.25) is 0 Å². The molecule has 0 aliphatic heterocycles. The second-order valence-electron chi connectivity index (χ2n) is 5.46. The van der Waals surface area contributed by atoms with Crippen LogP contribution in [0.25, 0.3) is 0 Å². The SMILES string of the molecule is COc1ccc(CN(c2nccs2)S(=O)(=O)c2cccc(Cl)c2)c(OC)c1. The number of methoxy groups -OCH3 is 2. The van der Waals surface area contributed by atoms with Crippen LogP contribution in [0, 0.1) is 0 Å². The summed E-state index contributed by atoms with van der Waals surface area (Å²) >= 11 is 7.23. The number of thiazole rings is 1. The maximum absolute atomic E-state index is 13.3. The van der Waals surface area contributed by atoms with Crippen LogP contribution in [0.4, 0.5) is 5.13 Å². The Bertz CT molecular complexity index is 1020. The van der Waals surface area contributed by atoms with Crippen LogP contribution < -0.4 is 13.8 Å². The molecule has 3 aromatic rings. The third-order valence-corrected chi connectivity index (χ3v) is 6.70. The zero-order chi connectivity index (χ0) is 19.4. The summed E-state index contributed by atoms with van der Waals surface area (Å²) < 4.78 is 38.4. The Kier molecular flexibility index (Phi) is 5.88. The number of ether oxygens (including phenoxy) is 2. The first-order valence-electron chi connectivity index (χ1n) is 7.84. The summed E-state index contributed by atoms with van der Waals surface area (Å²) in [6, 6.07) is 11.4. The molecule has 0 aliphatic rings. The molecule has 0 saturated carbocycles. The van der Waals surface area contributed by atoms with E-state index in [0.717, 1.165) is 0 Å². The molecule has 0 amide bonds. The van der Waals surface area contributed by atoms with E-state index in [1.807, 2.05) is 0 Å². The standard InChI is InChI=1S/C18H17ClN2O4S2/c1-24-15-7-6-13(17(11-15)25-2)12-21(18-20-8-9-26-18)27(22,23)16-5-3-4-14(19)10-16/h3-11H,12H2,1-2H3. The Balaban J connectivity index is 2.06. The molecule has 0 radical (unpaired) electrons. The minimum absolute atomic E-state index is 0.0511. The van der Waals surface area contributed by atoms with Crippen molar-refractivity contribution < 1.29 is 17.9 Å². The normalized spacial score (nSPS) is 11.2. The number of nitrogens with zero attached hydrogens (tertiary/aromatic N) is 2. The number of halogens is 1. The average molecular weight is 425 g/mol. The zero-order valence-electron chi connectivity index (χ0n) is 14.6. The Morgan fingerprint density at radius 2 is 1.96 bits per heavy atom. The molecule has 1 heterocycles. The number of benzene rings is 2. The number of sulfonamides is 1. The van der Waals surface area contributed by atoms with Crippen LogP contribution in [0.5, 0.6) is 11.5 Å². The Morgan fingerprint density at radius 1 is 1.15 bits per heavy atom. The summed E-state index contributed by atoms with van der Waals surface area (Å²) in [7, 11) is -0.795. The van der Waals surface area contributed by atoms with E-state index >= 15 is 0 Å². The highest BCUT2D eigenvalue weighted by atomic mass is 35.5. The lowest BCUT2D eigenvalue weighted by Gasteiger charge is -2.23. The van der Waals surface area contributed by atoms with Gasteiger partial charge in [0.15, 0.2) is 5.13 Å². The monoisotopic (exact) mass is 424 g/mol. The largest absolute Gasteiger partial charge is 0.497 e. The van der Waals surface area contributed by atoms with Crippen molar-refractivity contribution in [3.05, 3.63) is 64.6 Å². The molecule has 0 aliphatic carbocycles. The van der Waals surface area contributed by atoms with Gasteiger partial charge in [-0.25, -0.2) is 17.7 Å². The fourth-order valence-electron chi connectivity index (χ4n) is 2.49. The maximum Gasteiger partial charge on any atom is 0.266 e. The number of rotatable bonds is 7. The van der Waals surface area contributed by atoms with Crippen LogP contribution in [0.1, 0.15) is 5.56 Å². The fraction of sp³-hybridized carbons (Fsp3) is 0.167. The number of anilines is 1. The Morgan fingerprint density at radius 3 is 2.59 bits per heavy atom. The van der Waals surface area contributed by atoms with E-state index in [2.05, 4.69) is 4.98 Å². The lowest BCUT2D eigenvalue weighted by Crippen LogP contribution is -2.30. The van der Waals surface area contributed by atoms with E-state index in [-0.39, 0.29) is 11.4 Å². The van der Waals surface area contributed by atoms with Gasteiger partial charge < -0.3 is 9.47 Å². The lowest BCUT2D eigenvalue weighted by molar-refractivity contribution is 0.391. The first kappa shape index (κ1) is 19.5. The minimum Gasteiger partial charge on any atom is -0.497 e. The number of hydrogen-bond acceptors (Lipinski definition) is 6. The summed E-state index contributed by atoms with van der Waals surface area (Å²) in [5.41, 5.74) is 0.680. The molecule has 0 spiro atoms. The molecule has 3 rings (SSSR count). The lowest BCUT2D eigenvalue weighted by atomic mass is 10.2. The van der Waals surface area contributed by atoms with Crippen LogP contribution in [0.3, 0.4) is 0 Å². The van der Waals surface area contributed by atoms with Gasteiger partial charge in [-0.1, -0.05) is 17.7 Å². The van der Waals surface area contributed by atoms with Gasteiger partial charge >= 0.3 is 0 Å². The van der Waals surface area contributed by atoms with E-state index in [0.29, 0.717) is 27.2 Å². The summed E-state index contributed by atoms with van der Waals surface area (Å²) in [6.07, 6.45) is 1.56. The van der Waals surface area contributed by atoms with Crippen molar-refractivity contribution in [2.75, 3.05) is 18.5 Å². The molecular formula is C18H17ClN2O4S2. The van der Waals surface area contributed by atoms with E-state index in [1.165, 1.54) is 34.9 Å². The predicted molar refractivity (Wildman–Crippen MR) is 106 cm³/mol. The molecule has 2 aromatic carbocycles. The quantitative estimate of drug-likeness (QED) is 0.568. The summed E-state index contributed by atoms with van der Waals surface area (Å²) in [6.45, 7) is 0.0511. The minimum atomic E-state index is -3.88. The molecule has 27 heavy (non-hydrogen) atoms. The molecule has 0 bridgehead atoms. The second kappa shape index (κ2) is 8.16. The molecule has 9 heteroatoms. The number of hydrogen-bond donors (Lipinski definition) is 0. The van der Waals surface area contributed by atoms with E-state index in [4.69, 9.17) is 21.1 Å². The van der Waals surface area contributed by atoms with Crippen LogP contribution in [-0.2, 0) is 16.6 Å². The molecule has 0 atom stereocenters. The van der Waals surface area contributed by atoms with Gasteiger partial charge in [-0.05, 0) is 30.3 Å². The molecular weight excluding hydrogens is 408 g/mol. The molecule has 0 saturated heterocycles. The van der Waals surface area contributed by atoms with Gasteiger partial charge in [-0.2, -0.15) is 0 Å². The topological polar surface area (TPSA) is 68.7 Å². The molecule has 1 aromatic heterocycles. The van der Waals surface area contributed by atoms with Gasteiger partial charge in [-0.15, -0.1) is 11.3 Å². The van der Waals surface area contributed by atoms with Crippen LogP contribution in [0.2, 0.25) is 5.02 Å².